The molecule has 19 heavy (non-hydrogen) atoms. The molecule has 4 heteroatoms. The molecule has 0 aliphatic carbocycles. The van der Waals surface area contributed by atoms with Crippen molar-refractivity contribution in [1.29, 1.82) is 0 Å². The van der Waals surface area contributed by atoms with Gasteiger partial charge in [-0.2, -0.15) is 0 Å². The fourth-order valence-electron chi connectivity index (χ4n) is 2.62. The number of rotatable bonds is 4. The molecule has 4 nitrogen and oxygen atoms in total. The number of benzene rings is 1. The fourth-order valence-corrected chi connectivity index (χ4v) is 2.62. The van der Waals surface area contributed by atoms with Crippen molar-refractivity contribution in [2.45, 2.75) is 46.1 Å². The van der Waals surface area contributed by atoms with E-state index in [2.05, 4.69) is 31.0 Å². The Labute approximate surface area is 115 Å². The van der Waals surface area contributed by atoms with Crippen LogP contribution in [-0.2, 0) is 11.2 Å². The monoisotopic (exact) mass is 261 g/mol. The summed E-state index contributed by atoms with van der Waals surface area (Å²) in [6, 6.07) is 4.47. The molecule has 3 N–H and O–H groups in total. The maximum absolute atomic E-state index is 11.5. The Morgan fingerprint density at radius 2 is 2.11 bits per heavy atom. The van der Waals surface area contributed by atoms with Gasteiger partial charge in [-0.3, -0.25) is 4.79 Å². The molecule has 0 saturated heterocycles. The zero-order valence-corrected chi connectivity index (χ0v) is 12.0. The van der Waals surface area contributed by atoms with E-state index in [1.54, 1.807) is 0 Å². The molecule has 1 heterocycles. The van der Waals surface area contributed by atoms with E-state index in [0.717, 1.165) is 42.0 Å². The molecule has 1 aromatic carbocycles. The molecule has 0 aromatic heterocycles. The predicted octanol–water partition coefficient (Wildman–Crippen LogP) is 2.78. The van der Waals surface area contributed by atoms with Gasteiger partial charge in [0.2, 0.25) is 5.91 Å². The lowest BCUT2D eigenvalue weighted by Crippen LogP contribution is -2.33. The van der Waals surface area contributed by atoms with E-state index in [-0.39, 0.29) is 5.91 Å². The number of fused-ring (bicyclic) bond motifs is 1. The highest BCUT2D eigenvalue weighted by Gasteiger charge is 2.20. The van der Waals surface area contributed by atoms with E-state index in [1.165, 1.54) is 0 Å². The van der Waals surface area contributed by atoms with E-state index in [4.69, 9.17) is 5.73 Å². The van der Waals surface area contributed by atoms with Crippen LogP contribution in [0.4, 0.5) is 17.1 Å². The first-order valence-electron chi connectivity index (χ1n) is 7.05. The van der Waals surface area contributed by atoms with E-state index in [9.17, 15) is 4.79 Å². The average Bonchev–Trinajstić information content (AvgIpc) is 2.40. The van der Waals surface area contributed by atoms with E-state index in [1.807, 2.05) is 12.1 Å². The highest BCUT2D eigenvalue weighted by molar-refractivity contribution is 5.95. The summed E-state index contributed by atoms with van der Waals surface area (Å²) >= 11 is 0. The van der Waals surface area contributed by atoms with Crippen LogP contribution in [0.1, 0.15) is 39.2 Å². The van der Waals surface area contributed by atoms with Gasteiger partial charge < -0.3 is 16.0 Å². The van der Waals surface area contributed by atoms with Crippen LogP contribution in [0.2, 0.25) is 0 Å². The second kappa shape index (κ2) is 5.51. The largest absolute Gasteiger partial charge is 0.397 e. The molecule has 1 aliphatic rings. The first-order valence-corrected chi connectivity index (χ1v) is 7.05. The Balaban J connectivity index is 2.40. The number of nitrogen functional groups attached to an aromatic ring is 1. The van der Waals surface area contributed by atoms with Gasteiger partial charge in [-0.25, -0.2) is 0 Å². The molecule has 0 fully saturated rings. The van der Waals surface area contributed by atoms with E-state index >= 15 is 0 Å². The molecule has 1 aromatic rings. The Kier molecular flexibility index (Phi) is 3.98. The van der Waals surface area contributed by atoms with Crippen molar-refractivity contribution in [2.24, 2.45) is 0 Å². The van der Waals surface area contributed by atoms with Crippen molar-refractivity contribution in [2.75, 3.05) is 22.5 Å². The summed E-state index contributed by atoms with van der Waals surface area (Å²) < 4.78 is 0. The number of hydrogen-bond acceptors (Lipinski definition) is 3. The smallest absolute Gasteiger partial charge is 0.224 e. The molecule has 1 atom stereocenters. The van der Waals surface area contributed by atoms with Crippen LogP contribution in [0.25, 0.3) is 0 Å². The van der Waals surface area contributed by atoms with Gasteiger partial charge >= 0.3 is 0 Å². The topological polar surface area (TPSA) is 58.4 Å². The first kappa shape index (κ1) is 13.7. The highest BCUT2D eigenvalue weighted by Crippen LogP contribution is 2.34. The number of hydrogen-bond donors (Lipinski definition) is 2. The summed E-state index contributed by atoms with van der Waals surface area (Å²) in [5.41, 5.74) is 10.1. The lowest BCUT2D eigenvalue weighted by Gasteiger charge is -2.32. The minimum Gasteiger partial charge on any atom is -0.397 e. The zero-order valence-electron chi connectivity index (χ0n) is 12.0. The Bertz CT molecular complexity index is 485. The standard InChI is InChI=1S/C15H23N3O/c1-4-10(3)18(5-2)14-9-13-11(8-12(14)16)6-7-15(19)17-13/h8-10H,4-7,16H2,1-3H3,(H,17,19). The summed E-state index contributed by atoms with van der Waals surface area (Å²) in [5.74, 6) is 0.0924. The molecule has 1 aliphatic heterocycles. The normalized spacial score (nSPS) is 15.6. The second-order valence-electron chi connectivity index (χ2n) is 5.16. The number of anilines is 3. The van der Waals surface area contributed by atoms with Gasteiger partial charge in [0.1, 0.15) is 0 Å². The van der Waals surface area contributed by atoms with Gasteiger partial charge in [0, 0.05) is 24.7 Å². The number of aryl methyl sites for hydroxylation is 1. The molecule has 1 amide bonds. The van der Waals surface area contributed by atoms with Gasteiger partial charge in [0.05, 0.1) is 11.4 Å². The molecule has 2 rings (SSSR count). The number of nitrogens with two attached hydrogens (primary N) is 1. The molecular formula is C15H23N3O. The van der Waals surface area contributed by atoms with Crippen LogP contribution in [-0.4, -0.2) is 18.5 Å². The predicted molar refractivity (Wildman–Crippen MR) is 80.6 cm³/mol. The van der Waals surface area contributed by atoms with E-state index in [0.29, 0.717) is 12.5 Å². The summed E-state index contributed by atoms with van der Waals surface area (Å²) in [4.78, 5) is 13.8. The van der Waals surface area contributed by atoms with Gasteiger partial charge in [0.15, 0.2) is 0 Å². The van der Waals surface area contributed by atoms with Gasteiger partial charge in [-0.05, 0) is 44.4 Å². The third-order valence-corrected chi connectivity index (χ3v) is 3.92. The molecule has 0 bridgehead atoms. The fraction of sp³-hybridized carbons (Fsp3) is 0.533. The quantitative estimate of drug-likeness (QED) is 0.819. The number of carbonyl (C=O) groups is 1. The van der Waals surface area contributed by atoms with Crippen LogP contribution < -0.4 is 16.0 Å². The average molecular weight is 261 g/mol. The molecular weight excluding hydrogens is 238 g/mol. The zero-order chi connectivity index (χ0) is 14.0. The Morgan fingerprint density at radius 1 is 1.37 bits per heavy atom. The number of nitrogens with one attached hydrogen (secondary N) is 1. The first-order chi connectivity index (χ1) is 9.06. The van der Waals surface area contributed by atoms with Crippen molar-refractivity contribution >= 4 is 23.0 Å². The Hall–Kier alpha value is -1.71. The maximum Gasteiger partial charge on any atom is 0.224 e. The second-order valence-corrected chi connectivity index (χ2v) is 5.16. The van der Waals surface area contributed by atoms with Crippen LogP contribution in [0.3, 0.4) is 0 Å². The van der Waals surface area contributed by atoms with E-state index < -0.39 is 0 Å². The number of amides is 1. The molecule has 0 radical (unpaired) electrons. The maximum atomic E-state index is 11.5. The van der Waals surface area contributed by atoms with Crippen molar-refractivity contribution < 1.29 is 4.79 Å². The molecule has 1 unspecified atom stereocenters. The minimum atomic E-state index is 0.0924. The SMILES string of the molecule is CCC(C)N(CC)c1cc2c(cc1N)CCC(=O)N2. The number of carbonyl (C=O) groups excluding carboxylic acids is 1. The van der Waals surface area contributed by atoms with Crippen molar-refractivity contribution in [3.05, 3.63) is 17.7 Å². The lowest BCUT2D eigenvalue weighted by molar-refractivity contribution is -0.116. The highest BCUT2D eigenvalue weighted by atomic mass is 16.1. The van der Waals surface area contributed by atoms with Gasteiger partial charge in [-0.1, -0.05) is 6.92 Å². The lowest BCUT2D eigenvalue weighted by atomic mass is 10.0. The van der Waals surface area contributed by atoms with Crippen LogP contribution in [0.5, 0.6) is 0 Å². The minimum absolute atomic E-state index is 0.0924. The summed E-state index contributed by atoms with van der Waals surface area (Å²) in [5, 5.41) is 2.94. The summed E-state index contributed by atoms with van der Waals surface area (Å²) in [7, 11) is 0. The summed E-state index contributed by atoms with van der Waals surface area (Å²) in [6.45, 7) is 7.40. The van der Waals surface area contributed by atoms with Crippen molar-refractivity contribution in [3.63, 3.8) is 0 Å². The van der Waals surface area contributed by atoms with Crippen LogP contribution in [0.15, 0.2) is 12.1 Å². The third-order valence-electron chi connectivity index (χ3n) is 3.92. The molecule has 104 valence electrons. The van der Waals surface area contributed by atoms with Crippen LogP contribution >= 0.6 is 0 Å². The van der Waals surface area contributed by atoms with Crippen molar-refractivity contribution in [1.82, 2.24) is 0 Å². The number of nitrogens with zero attached hydrogens (tertiary/aromatic N) is 1. The summed E-state index contributed by atoms with van der Waals surface area (Å²) in [6.07, 6.45) is 2.40. The van der Waals surface area contributed by atoms with Gasteiger partial charge in [-0.15, -0.1) is 0 Å². The van der Waals surface area contributed by atoms with Crippen LogP contribution in [0, 0.1) is 0 Å². The van der Waals surface area contributed by atoms with Gasteiger partial charge in [0.25, 0.3) is 0 Å². The van der Waals surface area contributed by atoms with Crippen molar-refractivity contribution in [3.8, 4) is 0 Å². The molecule has 0 saturated carbocycles. The molecule has 0 spiro atoms. The third kappa shape index (κ3) is 2.67. The Morgan fingerprint density at radius 3 is 2.74 bits per heavy atom.